The molecule has 1 heterocycles. The summed E-state index contributed by atoms with van der Waals surface area (Å²) in [6.07, 6.45) is 5.03. The van der Waals surface area contributed by atoms with Crippen LogP contribution in [0.1, 0.15) is 25.3 Å². The first-order valence-electron chi connectivity index (χ1n) is 6.82. The summed E-state index contributed by atoms with van der Waals surface area (Å²) in [4.78, 5) is 29.1. The maximum atomic E-state index is 12.0. The average Bonchev–Trinajstić information content (AvgIpc) is 2.50. The van der Waals surface area contributed by atoms with E-state index in [9.17, 15) is 9.59 Å². The van der Waals surface area contributed by atoms with Crippen LogP contribution in [-0.4, -0.2) is 17.1 Å². The molecule has 110 valence electrons. The fraction of sp³-hybridized carbons (Fsp3) is 0.250. The van der Waals surface area contributed by atoms with Gasteiger partial charge in [0.15, 0.2) is 0 Å². The molecule has 1 aromatic carbocycles. The van der Waals surface area contributed by atoms with Crippen LogP contribution in [0.15, 0.2) is 33.9 Å². The molecule has 0 saturated carbocycles. The summed E-state index contributed by atoms with van der Waals surface area (Å²) in [5.74, 6) is 0.735. The highest BCUT2D eigenvalue weighted by Gasteiger charge is 1.96. The van der Waals surface area contributed by atoms with E-state index in [4.69, 9.17) is 4.74 Å². The van der Waals surface area contributed by atoms with Crippen LogP contribution in [0.25, 0.3) is 12.2 Å². The molecule has 0 saturated heterocycles. The zero-order valence-corrected chi connectivity index (χ0v) is 12.1. The van der Waals surface area contributed by atoms with E-state index in [2.05, 4.69) is 9.97 Å². The van der Waals surface area contributed by atoms with Crippen molar-refractivity contribution in [2.45, 2.75) is 19.8 Å². The standard InChI is InChI=1S/C16H18N2O3/c1-3-4-5-13-15(19)18-14(16(20)17-13)10-11-6-8-12(21-2)9-7-11/h5-10H,3-4H2,1-2H3,(H,17,20)(H,18,19)/b13-5+,14-10+. The van der Waals surface area contributed by atoms with Gasteiger partial charge in [-0.1, -0.05) is 31.6 Å². The number of nitrogens with one attached hydrogen (secondary N) is 2. The Morgan fingerprint density at radius 2 is 1.67 bits per heavy atom. The van der Waals surface area contributed by atoms with Crippen LogP contribution >= 0.6 is 0 Å². The molecular formula is C16H18N2O3. The minimum Gasteiger partial charge on any atom is -0.497 e. The number of unbranched alkanes of at least 4 members (excludes halogenated alkanes) is 1. The second-order valence-electron chi connectivity index (χ2n) is 4.65. The summed E-state index contributed by atoms with van der Waals surface area (Å²) in [5.41, 5.74) is 0.206. The van der Waals surface area contributed by atoms with Crippen molar-refractivity contribution in [2.75, 3.05) is 7.11 Å². The van der Waals surface area contributed by atoms with Crippen molar-refractivity contribution < 1.29 is 4.74 Å². The fourth-order valence-electron chi connectivity index (χ4n) is 1.89. The molecule has 0 aliphatic heterocycles. The number of H-pyrrole nitrogens is 2. The lowest BCUT2D eigenvalue weighted by atomic mass is 10.2. The second kappa shape index (κ2) is 6.74. The SMILES string of the molecule is CCC/C=c1/[nH]c(=O)/c(=C\c2ccc(OC)cc2)[nH]c1=O. The van der Waals surface area contributed by atoms with Gasteiger partial charge in [-0.2, -0.15) is 0 Å². The predicted molar refractivity (Wildman–Crippen MR) is 82.9 cm³/mol. The topological polar surface area (TPSA) is 75.0 Å². The van der Waals surface area contributed by atoms with Crippen molar-refractivity contribution in [3.8, 4) is 5.75 Å². The summed E-state index contributed by atoms with van der Waals surface area (Å²) >= 11 is 0. The minimum absolute atomic E-state index is 0.235. The zero-order chi connectivity index (χ0) is 15.2. The first kappa shape index (κ1) is 14.8. The Morgan fingerprint density at radius 3 is 2.29 bits per heavy atom. The molecule has 0 atom stereocenters. The normalized spacial score (nSPS) is 12.7. The molecular weight excluding hydrogens is 268 g/mol. The lowest BCUT2D eigenvalue weighted by Crippen LogP contribution is -2.46. The first-order valence-corrected chi connectivity index (χ1v) is 6.82. The lowest BCUT2D eigenvalue weighted by molar-refractivity contribution is 0.415. The highest BCUT2D eigenvalue weighted by atomic mass is 16.5. The molecule has 5 heteroatoms. The van der Waals surface area contributed by atoms with Crippen molar-refractivity contribution in [3.05, 3.63) is 61.2 Å². The fourth-order valence-corrected chi connectivity index (χ4v) is 1.89. The van der Waals surface area contributed by atoms with Crippen LogP contribution in [0.2, 0.25) is 0 Å². The van der Waals surface area contributed by atoms with E-state index in [-0.39, 0.29) is 16.5 Å². The van der Waals surface area contributed by atoms with Crippen molar-refractivity contribution in [2.24, 2.45) is 0 Å². The second-order valence-corrected chi connectivity index (χ2v) is 4.65. The third-order valence-corrected chi connectivity index (χ3v) is 3.05. The maximum absolute atomic E-state index is 12.0. The zero-order valence-electron chi connectivity index (χ0n) is 12.1. The molecule has 0 aliphatic rings. The number of aromatic nitrogens is 2. The van der Waals surface area contributed by atoms with E-state index in [0.717, 1.165) is 24.2 Å². The molecule has 0 amide bonds. The predicted octanol–water partition coefficient (Wildman–Crippen LogP) is 0.481. The van der Waals surface area contributed by atoms with Crippen LogP contribution < -0.4 is 26.6 Å². The number of hydrogen-bond donors (Lipinski definition) is 2. The van der Waals surface area contributed by atoms with E-state index in [1.165, 1.54) is 0 Å². The van der Waals surface area contributed by atoms with Crippen LogP contribution in [-0.2, 0) is 0 Å². The van der Waals surface area contributed by atoms with Crippen molar-refractivity contribution in [1.29, 1.82) is 0 Å². The summed E-state index contributed by atoms with van der Waals surface area (Å²) < 4.78 is 5.07. The van der Waals surface area contributed by atoms with Gasteiger partial charge in [-0.05, 0) is 30.2 Å². The van der Waals surface area contributed by atoms with E-state index >= 15 is 0 Å². The third-order valence-electron chi connectivity index (χ3n) is 3.05. The first-order chi connectivity index (χ1) is 10.1. The third kappa shape index (κ3) is 3.72. The molecule has 5 nitrogen and oxygen atoms in total. The van der Waals surface area contributed by atoms with Crippen molar-refractivity contribution in [1.82, 2.24) is 9.97 Å². The largest absolute Gasteiger partial charge is 0.497 e. The van der Waals surface area contributed by atoms with E-state index < -0.39 is 0 Å². The Kier molecular flexibility index (Phi) is 4.77. The highest BCUT2D eigenvalue weighted by Crippen LogP contribution is 2.11. The Labute approximate surface area is 121 Å². The van der Waals surface area contributed by atoms with Gasteiger partial charge >= 0.3 is 0 Å². The van der Waals surface area contributed by atoms with Crippen LogP contribution in [0.4, 0.5) is 0 Å². The number of ether oxygens (including phenoxy) is 1. The van der Waals surface area contributed by atoms with E-state index in [0.29, 0.717) is 5.35 Å². The van der Waals surface area contributed by atoms with Gasteiger partial charge in [0.25, 0.3) is 11.1 Å². The van der Waals surface area contributed by atoms with Crippen LogP contribution in [0.5, 0.6) is 5.75 Å². The molecule has 0 fully saturated rings. The number of methoxy groups -OCH3 is 1. The maximum Gasteiger partial charge on any atom is 0.272 e. The Balaban J connectivity index is 2.49. The molecule has 1 aromatic heterocycles. The van der Waals surface area contributed by atoms with Crippen molar-refractivity contribution >= 4 is 12.2 Å². The number of benzene rings is 1. The molecule has 2 aromatic rings. The van der Waals surface area contributed by atoms with Gasteiger partial charge in [0.2, 0.25) is 0 Å². The van der Waals surface area contributed by atoms with Gasteiger partial charge in [-0.15, -0.1) is 0 Å². The molecule has 21 heavy (non-hydrogen) atoms. The summed E-state index contributed by atoms with van der Waals surface area (Å²) in [6.45, 7) is 2.01. The number of rotatable bonds is 4. The van der Waals surface area contributed by atoms with E-state index in [1.54, 1.807) is 31.4 Å². The molecule has 0 radical (unpaired) electrons. The Bertz CT molecular complexity index is 830. The van der Waals surface area contributed by atoms with Gasteiger partial charge < -0.3 is 14.7 Å². The van der Waals surface area contributed by atoms with Crippen LogP contribution in [0, 0.1) is 0 Å². The summed E-state index contributed by atoms with van der Waals surface area (Å²) in [6, 6.07) is 7.21. The van der Waals surface area contributed by atoms with Crippen LogP contribution in [0.3, 0.4) is 0 Å². The van der Waals surface area contributed by atoms with Gasteiger partial charge in [0.1, 0.15) is 16.4 Å². The van der Waals surface area contributed by atoms with E-state index in [1.807, 2.05) is 19.1 Å². The van der Waals surface area contributed by atoms with Crippen molar-refractivity contribution in [3.63, 3.8) is 0 Å². The molecule has 0 unspecified atom stereocenters. The quantitative estimate of drug-likeness (QED) is 0.858. The molecule has 2 N–H and O–H groups in total. The van der Waals surface area contributed by atoms with Gasteiger partial charge in [-0.3, -0.25) is 9.59 Å². The monoisotopic (exact) mass is 286 g/mol. The van der Waals surface area contributed by atoms with Gasteiger partial charge in [0.05, 0.1) is 7.11 Å². The lowest BCUT2D eigenvalue weighted by Gasteiger charge is -1.98. The van der Waals surface area contributed by atoms with Gasteiger partial charge in [-0.25, -0.2) is 0 Å². The smallest absolute Gasteiger partial charge is 0.272 e. The summed E-state index contributed by atoms with van der Waals surface area (Å²) in [7, 11) is 1.59. The summed E-state index contributed by atoms with van der Waals surface area (Å²) in [5, 5.41) is 0.549. The van der Waals surface area contributed by atoms with Gasteiger partial charge in [0, 0.05) is 0 Å². The minimum atomic E-state index is -0.312. The molecule has 0 bridgehead atoms. The Morgan fingerprint density at radius 1 is 1.05 bits per heavy atom. The Hall–Kier alpha value is -2.56. The molecule has 0 aliphatic carbocycles. The number of hydrogen-bond acceptors (Lipinski definition) is 3. The highest BCUT2D eigenvalue weighted by molar-refractivity contribution is 5.49. The molecule has 2 rings (SSSR count). The average molecular weight is 286 g/mol. The molecule has 0 spiro atoms. The number of aromatic amines is 2.